The predicted octanol–water partition coefficient (Wildman–Crippen LogP) is 2.29. The Kier molecular flexibility index (Phi) is 7.12. The molecule has 5 nitrogen and oxygen atoms in total. The molecular weight excluding hydrogens is 312 g/mol. The normalized spacial score (nSPS) is 12.9. The Morgan fingerprint density at radius 1 is 1.43 bits per heavy atom. The van der Waals surface area contributed by atoms with E-state index in [0.717, 1.165) is 12.8 Å². The Morgan fingerprint density at radius 2 is 2.14 bits per heavy atom. The zero-order chi connectivity index (χ0) is 15.9. The maximum atomic E-state index is 12.3. The maximum absolute atomic E-state index is 12.3. The van der Waals surface area contributed by atoms with Gasteiger partial charge in [0.1, 0.15) is 4.90 Å². The van der Waals surface area contributed by atoms with Crippen molar-refractivity contribution in [1.29, 1.82) is 5.26 Å². The van der Waals surface area contributed by atoms with E-state index in [2.05, 4.69) is 4.72 Å². The molecular formula is C14H19ClN2O3S. The molecule has 0 spiro atoms. The van der Waals surface area contributed by atoms with Crippen LogP contribution in [-0.2, 0) is 10.0 Å². The molecule has 1 rings (SSSR count). The molecule has 1 aromatic carbocycles. The van der Waals surface area contributed by atoms with Crippen LogP contribution in [0.25, 0.3) is 0 Å². The average molecular weight is 331 g/mol. The number of hydrogen-bond acceptors (Lipinski definition) is 4. The summed E-state index contributed by atoms with van der Waals surface area (Å²) in [4.78, 5) is -0.0949. The smallest absolute Gasteiger partial charge is 0.242 e. The highest BCUT2D eigenvalue weighted by Gasteiger charge is 2.20. The molecule has 1 aromatic rings. The minimum atomic E-state index is -3.77. The molecule has 116 valence electrons. The molecule has 0 heterocycles. The van der Waals surface area contributed by atoms with Crippen molar-refractivity contribution in [2.75, 3.05) is 13.2 Å². The fourth-order valence-electron chi connectivity index (χ4n) is 2.02. The summed E-state index contributed by atoms with van der Waals surface area (Å²) in [7, 11) is -3.77. The zero-order valence-electron chi connectivity index (χ0n) is 11.8. The fraction of sp³-hybridized carbons (Fsp3) is 0.500. The van der Waals surface area contributed by atoms with E-state index in [0.29, 0.717) is 6.42 Å². The van der Waals surface area contributed by atoms with Crippen molar-refractivity contribution in [1.82, 2.24) is 4.72 Å². The van der Waals surface area contributed by atoms with E-state index >= 15 is 0 Å². The largest absolute Gasteiger partial charge is 0.396 e. The summed E-state index contributed by atoms with van der Waals surface area (Å²) >= 11 is 5.91. The second kappa shape index (κ2) is 8.35. The second-order valence-electron chi connectivity index (χ2n) is 4.78. The van der Waals surface area contributed by atoms with Gasteiger partial charge in [-0.3, -0.25) is 0 Å². The summed E-state index contributed by atoms with van der Waals surface area (Å²) in [5.41, 5.74) is 0.236. The van der Waals surface area contributed by atoms with Gasteiger partial charge in [-0.25, -0.2) is 13.1 Å². The van der Waals surface area contributed by atoms with Crippen LogP contribution >= 0.6 is 11.6 Å². The summed E-state index contributed by atoms with van der Waals surface area (Å²) in [6, 6.07) is 6.00. The first kappa shape index (κ1) is 17.9. The van der Waals surface area contributed by atoms with Crippen molar-refractivity contribution in [3.05, 3.63) is 28.8 Å². The number of nitrogens with one attached hydrogen (secondary N) is 1. The van der Waals surface area contributed by atoms with E-state index in [1.54, 1.807) is 0 Å². The molecule has 0 fully saturated rings. The van der Waals surface area contributed by atoms with E-state index < -0.39 is 10.0 Å². The number of aliphatic hydroxyl groups excluding tert-OH is 1. The molecule has 21 heavy (non-hydrogen) atoms. The molecule has 7 heteroatoms. The lowest BCUT2D eigenvalue weighted by Gasteiger charge is -2.16. The molecule has 0 aromatic heterocycles. The van der Waals surface area contributed by atoms with Crippen LogP contribution in [-0.4, -0.2) is 26.7 Å². The SMILES string of the molecule is CCCC(CCO)CNS(=O)(=O)c1cc(C#N)ccc1Cl. The van der Waals surface area contributed by atoms with E-state index in [-0.39, 0.29) is 34.6 Å². The molecule has 1 atom stereocenters. The van der Waals surface area contributed by atoms with Crippen molar-refractivity contribution >= 4 is 21.6 Å². The zero-order valence-corrected chi connectivity index (χ0v) is 13.4. The Hall–Kier alpha value is -1.13. The molecule has 0 saturated carbocycles. The van der Waals surface area contributed by atoms with Crippen LogP contribution in [0.5, 0.6) is 0 Å². The summed E-state index contributed by atoms with van der Waals surface area (Å²) < 4.78 is 27.0. The third-order valence-electron chi connectivity index (χ3n) is 3.15. The number of benzene rings is 1. The number of hydrogen-bond donors (Lipinski definition) is 2. The van der Waals surface area contributed by atoms with Gasteiger partial charge < -0.3 is 5.11 Å². The molecule has 0 saturated heterocycles. The van der Waals surface area contributed by atoms with Crippen LogP contribution in [0.2, 0.25) is 5.02 Å². The molecule has 0 aliphatic rings. The summed E-state index contributed by atoms with van der Waals surface area (Å²) in [5, 5.41) is 17.9. The van der Waals surface area contributed by atoms with Gasteiger partial charge in [0.2, 0.25) is 10.0 Å². The van der Waals surface area contributed by atoms with Crippen LogP contribution in [0.3, 0.4) is 0 Å². The fourth-order valence-corrected chi connectivity index (χ4v) is 3.66. The molecule has 2 N–H and O–H groups in total. The number of sulfonamides is 1. The lowest BCUT2D eigenvalue weighted by Crippen LogP contribution is -2.30. The molecule has 0 bridgehead atoms. The molecule has 0 amide bonds. The first-order chi connectivity index (χ1) is 9.94. The second-order valence-corrected chi connectivity index (χ2v) is 6.92. The van der Waals surface area contributed by atoms with Gasteiger partial charge in [0.25, 0.3) is 0 Å². The molecule has 0 aliphatic heterocycles. The number of halogens is 1. The summed E-state index contributed by atoms with van der Waals surface area (Å²) in [6.45, 7) is 2.27. The number of rotatable bonds is 8. The Balaban J connectivity index is 2.89. The standard InChI is InChI=1S/C14H19ClN2O3S/c1-2-3-11(6-7-18)10-17-21(19,20)14-8-12(9-16)4-5-13(14)15/h4-5,8,11,17-18H,2-3,6-7,10H2,1H3. The third-order valence-corrected chi connectivity index (χ3v) is 5.05. The van der Waals surface area contributed by atoms with E-state index in [1.807, 2.05) is 13.0 Å². The Bertz CT molecular complexity index is 605. The number of nitrogens with zero attached hydrogens (tertiary/aromatic N) is 1. The van der Waals surface area contributed by atoms with E-state index in [1.165, 1.54) is 18.2 Å². The van der Waals surface area contributed by atoms with Crippen molar-refractivity contribution < 1.29 is 13.5 Å². The quantitative estimate of drug-likeness (QED) is 0.765. The molecule has 1 unspecified atom stereocenters. The Morgan fingerprint density at radius 3 is 2.71 bits per heavy atom. The maximum Gasteiger partial charge on any atom is 0.242 e. The lowest BCUT2D eigenvalue weighted by atomic mass is 10.0. The minimum absolute atomic E-state index is 0.0249. The number of nitriles is 1. The van der Waals surface area contributed by atoms with Gasteiger partial charge >= 0.3 is 0 Å². The minimum Gasteiger partial charge on any atom is -0.396 e. The van der Waals surface area contributed by atoms with E-state index in [9.17, 15) is 8.42 Å². The van der Waals surface area contributed by atoms with E-state index in [4.69, 9.17) is 22.0 Å². The van der Waals surface area contributed by atoms with Gasteiger partial charge in [-0.1, -0.05) is 24.9 Å². The Labute approximate surface area is 130 Å². The van der Waals surface area contributed by atoms with Crippen molar-refractivity contribution in [3.63, 3.8) is 0 Å². The number of aliphatic hydroxyl groups is 1. The average Bonchev–Trinajstić information content (AvgIpc) is 2.45. The van der Waals surface area contributed by atoms with Crippen molar-refractivity contribution in [3.8, 4) is 6.07 Å². The van der Waals surface area contributed by atoms with Gasteiger partial charge in [0.15, 0.2) is 0 Å². The van der Waals surface area contributed by atoms with Crippen LogP contribution in [0, 0.1) is 17.2 Å². The molecule has 0 radical (unpaired) electrons. The lowest BCUT2D eigenvalue weighted by molar-refractivity contribution is 0.251. The topological polar surface area (TPSA) is 90.2 Å². The highest BCUT2D eigenvalue weighted by molar-refractivity contribution is 7.89. The van der Waals surface area contributed by atoms with Crippen molar-refractivity contribution in [2.45, 2.75) is 31.1 Å². The summed E-state index contributed by atoms with van der Waals surface area (Å²) in [6.07, 6.45) is 2.29. The van der Waals surface area contributed by atoms with Crippen LogP contribution in [0.4, 0.5) is 0 Å². The van der Waals surface area contributed by atoms with Crippen LogP contribution < -0.4 is 4.72 Å². The summed E-state index contributed by atoms with van der Waals surface area (Å²) in [5.74, 6) is 0.0766. The first-order valence-corrected chi connectivity index (χ1v) is 8.60. The van der Waals surface area contributed by atoms with Gasteiger partial charge in [-0.2, -0.15) is 5.26 Å². The predicted molar refractivity (Wildman–Crippen MR) is 81.5 cm³/mol. The van der Waals surface area contributed by atoms with Crippen LogP contribution in [0.15, 0.2) is 23.1 Å². The molecule has 0 aliphatic carbocycles. The third kappa shape index (κ3) is 5.29. The van der Waals surface area contributed by atoms with Crippen LogP contribution in [0.1, 0.15) is 31.7 Å². The monoisotopic (exact) mass is 330 g/mol. The van der Waals surface area contributed by atoms with Crippen molar-refractivity contribution in [2.24, 2.45) is 5.92 Å². The highest BCUT2D eigenvalue weighted by atomic mass is 35.5. The van der Waals surface area contributed by atoms with Gasteiger partial charge in [-0.05, 0) is 37.0 Å². The highest BCUT2D eigenvalue weighted by Crippen LogP contribution is 2.22. The first-order valence-electron chi connectivity index (χ1n) is 6.74. The van der Waals surface area contributed by atoms with Gasteiger partial charge in [-0.15, -0.1) is 0 Å². The van der Waals surface area contributed by atoms with Gasteiger partial charge in [0, 0.05) is 13.2 Å². The van der Waals surface area contributed by atoms with Gasteiger partial charge in [0.05, 0.1) is 16.7 Å².